The van der Waals surface area contributed by atoms with Crippen LogP contribution in [0.5, 0.6) is 0 Å². The number of allylic oxidation sites excluding steroid dienone is 2. The number of hydrogen-bond donors (Lipinski definition) is 0. The van der Waals surface area contributed by atoms with Crippen LogP contribution >= 0.6 is 0 Å². The third kappa shape index (κ3) is 4.67. The topological polar surface area (TPSA) is 0 Å². The van der Waals surface area contributed by atoms with Gasteiger partial charge in [-0.05, 0) is 0 Å². The summed E-state index contributed by atoms with van der Waals surface area (Å²) in [4.78, 5) is 0. The second kappa shape index (κ2) is 5.65. The van der Waals surface area contributed by atoms with Crippen LogP contribution in [0.25, 0.3) is 0 Å². The molecule has 0 saturated carbocycles. The van der Waals surface area contributed by atoms with E-state index in [4.69, 9.17) is 0 Å². The van der Waals surface area contributed by atoms with Crippen molar-refractivity contribution in [3.63, 3.8) is 0 Å². The van der Waals surface area contributed by atoms with Gasteiger partial charge in [-0.3, -0.25) is 0 Å². The van der Waals surface area contributed by atoms with E-state index in [1.807, 2.05) is 12.2 Å². The first-order chi connectivity index (χ1) is 3.81. The van der Waals surface area contributed by atoms with Crippen LogP contribution in [0.1, 0.15) is 0 Å². The van der Waals surface area contributed by atoms with Gasteiger partial charge in [0.1, 0.15) is 0 Å². The fourth-order valence-electron chi connectivity index (χ4n) is 0.331. The molecule has 0 radical (unpaired) electrons. The summed E-state index contributed by atoms with van der Waals surface area (Å²) in [5.74, 6) is 0. The molecule has 0 atom stereocenters. The maximum absolute atomic E-state index is 3.66. The second-order valence-corrected chi connectivity index (χ2v) is 9.73. The molecule has 0 fully saturated rings. The van der Waals surface area contributed by atoms with Crippen molar-refractivity contribution in [3.05, 3.63) is 25.3 Å². The first-order valence-electron chi connectivity index (χ1n) is 2.38. The van der Waals surface area contributed by atoms with Gasteiger partial charge in [-0.25, -0.2) is 0 Å². The summed E-state index contributed by atoms with van der Waals surface area (Å²) in [6.45, 7) is 7.32. The average molecular weight is 240 g/mol. The Labute approximate surface area is 61.2 Å². The van der Waals surface area contributed by atoms with E-state index in [2.05, 4.69) is 26.8 Å². The van der Waals surface area contributed by atoms with Gasteiger partial charge >= 0.3 is 61.1 Å². The van der Waals surface area contributed by atoms with E-state index in [0.717, 1.165) is 0 Å². The van der Waals surface area contributed by atoms with E-state index < -0.39 is 11.5 Å². The Hall–Kier alpha value is 0.519. The molecule has 0 spiro atoms. The van der Waals surface area contributed by atoms with Gasteiger partial charge in [0.15, 0.2) is 0 Å². The Kier molecular flexibility index (Phi) is 6.02. The van der Waals surface area contributed by atoms with Gasteiger partial charge < -0.3 is 0 Å². The van der Waals surface area contributed by atoms with Gasteiger partial charge in [0.05, 0.1) is 0 Å². The molecule has 8 heavy (non-hydrogen) atoms. The molecule has 0 bridgehead atoms. The van der Waals surface area contributed by atoms with Gasteiger partial charge in [-0.1, -0.05) is 0 Å². The van der Waals surface area contributed by atoms with E-state index in [1.54, 1.807) is 0 Å². The molecule has 0 amide bonds. The van der Waals surface area contributed by atoms with Crippen LogP contribution in [0, 0.1) is 0 Å². The molecule has 0 aliphatic rings. The van der Waals surface area contributed by atoms with Crippen LogP contribution in [0.3, 0.4) is 0 Å². The zero-order chi connectivity index (χ0) is 6.41. The van der Waals surface area contributed by atoms with Crippen LogP contribution in [0.4, 0.5) is 0 Å². The van der Waals surface area contributed by atoms with Gasteiger partial charge in [-0.15, -0.1) is 0 Å². The number of rotatable bonds is 4. The molecule has 0 aliphatic carbocycles. The van der Waals surface area contributed by atoms with Crippen molar-refractivity contribution in [1.82, 2.24) is 0 Å². The van der Waals surface area contributed by atoms with Gasteiger partial charge in [0.25, 0.3) is 0 Å². The molecule has 0 unspecified atom stereocenters. The van der Waals surface area contributed by atoms with Gasteiger partial charge in [0.2, 0.25) is 0 Å². The molecule has 0 saturated heterocycles. The summed E-state index contributed by atoms with van der Waals surface area (Å²) in [6, 6.07) is 0. The zero-order valence-electron chi connectivity index (χ0n) is 4.80. The minimum atomic E-state index is -0.447. The Bertz CT molecular complexity index is 93.1. The summed E-state index contributed by atoms with van der Waals surface area (Å²) in [5.41, 5.74) is 0. The summed E-state index contributed by atoms with van der Waals surface area (Å²) in [7, 11) is 0. The predicted molar refractivity (Wildman–Crippen MR) is 41.5 cm³/mol. The third-order valence-corrected chi connectivity index (χ3v) is 6.12. The summed E-state index contributed by atoms with van der Waals surface area (Å²) >= 11 is 2.71. The van der Waals surface area contributed by atoms with Gasteiger partial charge in [-0.2, -0.15) is 0 Å². The summed E-state index contributed by atoms with van der Waals surface area (Å²) in [6.07, 6.45) is 3.95. The van der Waals surface area contributed by atoms with E-state index in [1.165, 1.54) is 10.6 Å². The van der Waals surface area contributed by atoms with Gasteiger partial charge in [0, 0.05) is 0 Å². The molecular weight excluding hydrogens is 230 g/mol. The molecule has 46 valence electrons. The van der Waals surface area contributed by atoms with Crippen molar-refractivity contribution in [3.8, 4) is 0 Å². The number of hydrogen-bond acceptors (Lipinski definition) is 0. The molecule has 0 aromatic rings. The van der Waals surface area contributed by atoms with Crippen LogP contribution in [-0.4, -0.2) is 25.2 Å². The van der Waals surface area contributed by atoms with Crippen LogP contribution in [0.15, 0.2) is 25.3 Å². The Morgan fingerprint density at radius 3 is 1.88 bits per heavy atom. The third-order valence-electron chi connectivity index (χ3n) is 0.607. The first-order valence-corrected chi connectivity index (χ1v) is 9.13. The quantitative estimate of drug-likeness (QED) is 0.516. The van der Waals surface area contributed by atoms with Crippen molar-refractivity contribution in [1.29, 1.82) is 0 Å². The SMILES string of the molecule is C=CC[Se](=[Se])CC=C. The summed E-state index contributed by atoms with van der Waals surface area (Å²) in [5, 5.41) is 2.35. The van der Waals surface area contributed by atoms with Crippen molar-refractivity contribution in [2.75, 3.05) is 0 Å². The monoisotopic (exact) mass is 242 g/mol. The Morgan fingerprint density at radius 1 is 1.25 bits per heavy atom. The Morgan fingerprint density at radius 2 is 1.62 bits per heavy atom. The molecular formula is C6H10Se2. The van der Waals surface area contributed by atoms with Crippen molar-refractivity contribution >= 4 is 25.2 Å². The van der Waals surface area contributed by atoms with Crippen LogP contribution < -0.4 is 0 Å². The van der Waals surface area contributed by atoms with Crippen molar-refractivity contribution in [2.45, 2.75) is 10.6 Å². The van der Waals surface area contributed by atoms with E-state index in [0.29, 0.717) is 0 Å². The standard InChI is InChI=1S/C6H10Se2/c1-3-5-8(7)6-4-2/h3-4H,1-2,5-6H2. The fourth-order valence-corrected chi connectivity index (χ4v) is 3.82. The molecule has 0 heterocycles. The molecule has 0 rings (SSSR count). The summed E-state index contributed by atoms with van der Waals surface area (Å²) < 4.78 is 0. The molecule has 0 aromatic heterocycles. The first kappa shape index (κ1) is 8.52. The van der Waals surface area contributed by atoms with Crippen molar-refractivity contribution in [2.24, 2.45) is 0 Å². The molecule has 0 aliphatic heterocycles. The predicted octanol–water partition coefficient (Wildman–Crippen LogP) is 1.52. The Balaban J connectivity index is 3.32. The van der Waals surface area contributed by atoms with Crippen LogP contribution in [-0.2, 0) is 0 Å². The fraction of sp³-hybridized carbons (Fsp3) is 0.333. The zero-order valence-corrected chi connectivity index (χ0v) is 8.23. The van der Waals surface area contributed by atoms with Crippen LogP contribution in [0.2, 0.25) is 10.6 Å². The molecule has 0 aromatic carbocycles. The molecule has 0 nitrogen and oxygen atoms in total. The maximum atomic E-state index is 3.66. The van der Waals surface area contributed by atoms with E-state index in [-0.39, 0.29) is 0 Å². The minimum absolute atomic E-state index is 0.447. The normalized spacial score (nSPS) is 9.12. The molecule has 2 heteroatoms. The van der Waals surface area contributed by atoms with E-state index in [9.17, 15) is 0 Å². The average Bonchev–Trinajstić information content (AvgIpc) is 1.68. The second-order valence-electron chi connectivity index (χ2n) is 1.35. The van der Waals surface area contributed by atoms with Crippen molar-refractivity contribution < 1.29 is 0 Å². The van der Waals surface area contributed by atoms with E-state index >= 15 is 0 Å². The molecule has 0 N–H and O–H groups in total.